The van der Waals surface area contributed by atoms with Crippen molar-refractivity contribution in [1.29, 1.82) is 0 Å². The van der Waals surface area contributed by atoms with E-state index in [2.05, 4.69) is 10.8 Å². The van der Waals surface area contributed by atoms with E-state index in [1.807, 2.05) is 27.7 Å². The van der Waals surface area contributed by atoms with E-state index in [1.54, 1.807) is 0 Å². The summed E-state index contributed by atoms with van der Waals surface area (Å²) in [7, 11) is 0. The summed E-state index contributed by atoms with van der Waals surface area (Å²) in [6.45, 7) is 8.15. The molecule has 5 heteroatoms. The first-order chi connectivity index (χ1) is 7.40. The third-order valence-electron chi connectivity index (χ3n) is 2.25. The average molecular weight is 230 g/mol. The first-order valence-corrected chi connectivity index (χ1v) is 5.77. The highest BCUT2D eigenvalue weighted by atomic mass is 16.6. The molecule has 1 saturated carbocycles. The van der Waals surface area contributed by atoms with Crippen LogP contribution in [0.5, 0.6) is 0 Å². The molecule has 0 atom stereocenters. The van der Waals surface area contributed by atoms with Crippen LogP contribution in [0.3, 0.4) is 0 Å². The Morgan fingerprint density at radius 3 is 2.44 bits per heavy atom. The lowest BCUT2D eigenvalue weighted by atomic mass is 9.87. The molecule has 0 saturated heterocycles. The number of ether oxygens (including phenoxy) is 1. The minimum absolute atomic E-state index is 0.202. The van der Waals surface area contributed by atoms with E-state index in [4.69, 9.17) is 9.57 Å². The Bertz CT molecular complexity index is 232. The number of hydrogen-bond acceptors (Lipinski definition) is 4. The molecule has 1 aliphatic carbocycles. The zero-order valence-corrected chi connectivity index (χ0v) is 10.5. The second kappa shape index (κ2) is 5.50. The Hall–Kier alpha value is -0.810. The van der Waals surface area contributed by atoms with Gasteiger partial charge in [0.25, 0.3) is 0 Å². The van der Waals surface area contributed by atoms with Gasteiger partial charge in [-0.05, 0) is 40.5 Å². The molecule has 1 aliphatic rings. The number of carbonyl (C=O) groups is 1. The van der Waals surface area contributed by atoms with Crippen molar-refractivity contribution in [2.24, 2.45) is 0 Å². The monoisotopic (exact) mass is 230 g/mol. The number of hydroxylamine groups is 1. The van der Waals surface area contributed by atoms with Gasteiger partial charge >= 0.3 is 6.09 Å². The first-order valence-electron chi connectivity index (χ1n) is 5.77. The quantitative estimate of drug-likeness (QED) is 0.720. The zero-order chi connectivity index (χ0) is 12.2. The Balaban J connectivity index is 2.10. The third-order valence-corrected chi connectivity index (χ3v) is 2.25. The molecule has 0 unspecified atom stereocenters. The molecular formula is C11H22N2O3. The Morgan fingerprint density at radius 2 is 1.94 bits per heavy atom. The molecule has 2 N–H and O–H groups in total. The van der Waals surface area contributed by atoms with Gasteiger partial charge in [0.05, 0.1) is 6.61 Å². The van der Waals surface area contributed by atoms with Crippen molar-refractivity contribution in [2.75, 3.05) is 6.61 Å². The highest BCUT2D eigenvalue weighted by Crippen LogP contribution is 2.20. The first kappa shape index (κ1) is 13.3. The van der Waals surface area contributed by atoms with Crippen LogP contribution in [-0.2, 0) is 9.57 Å². The fourth-order valence-electron chi connectivity index (χ4n) is 1.51. The number of rotatable bonds is 4. The molecule has 0 radical (unpaired) electrons. The highest BCUT2D eigenvalue weighted by molar-refractivity contribution is 5.68. The third kappa shape index (κ3) is 4.81. The van der Waals surface area contributed by atoms with Gasteiger partial charge in [-0.25, -0.2) is 4.79 Å². The van der Waals surface area contributed by atoms with Crippen LogP contribution in [0.25, 0.3) is 0 Å². The van der Waals surface area contributed by atoms with Gasteiger partial charge in [0, 0.05) is 12.1 Å². The predicted molar refractivity (Wildman–Crippen MR) is 60.9 cm³/mol. The number of carbonyl (C=O) groups excluding carboxylic acids is 1. The van der Waals surface area contributed by atoms with Crippen molar-refractivity contribution < 1.29 is 14.4 Å². The van der Waals surface area contributed by atoms with Gasteiger partial charge < -0.3 is 14.9 Å². The largest absolute Gasteiger partial charge is 0.444 e. The number of alkyl carbamates (subject to hydrolysis) is 1. The van der Waals surface area contributed by atoms with Crippen molar-refractivity contribution in [3.8, 4) is 0 Å². The average Bonchev–Trinajstić information content (AvgIpc) is 2.05. The second-order valence-corrected chi connectivity index (χ2v) is 5.06. The summed E-state index contributed by atoms with van der Waals surface area (Å²) < 4.78 is 5.16. The lowest BCUT2D eigenvalue weighted by Gasteiger charge is -2.36. The van der Waals surface area contributed by atoms with Crippen LogP contribution in [0.2, 0.25) is 0 Å². The number of hydrogen-bond donors (Lipinski definition) is 2. The molecule has 94 valence electrons. The predicted octanol–water partition coefficient (Wildman–Crippen LogP) is 1.58. The van der Waals surface area contributed by atoms with E-state index >= 15 is 0 Å². The van der Waals surface area contributed by atoms with Crippen molar-refractivity contribution >= 4 is 6.09 Å². The van der Waals surface area contributed by atoms with Gasteiger partial charge in [-0.15, -0.1) is 0 Å². The van der Waals surface area contributed by atoms with Crippen molar-refractivity contribution in [3.63, 3.8) is 0 Å². The van der Waals surface area contributed by atoms with Crippen LogP contribution < -0.4 is 10.8 Å². The standard InChI is InChI=1S/C11H22N2O3/c1-5-15-13-9-6-8(7-9)12-10(14)16-11(2,3)4/h8-9,13H,5-7H2,1-4H3,(H,12,14). The van der Waals surface area contributed by atoms with Gasteiger partial charge in [0.15, 0.2) is 0 Å². The molecule has 16 heavy (non-hydrogen) atoms. The lowest BCUT2D eigenvalue weighted by molar-refractivity contribution is -0.00758. The Morgan fingerprint density at radius 1 is 1.31 bits per heavy atom. The molecule has 0 aromatic heterocycles. The van der Waals surface area contributed by atoms with Crippen molar-refractivity contribution in [1.82, 2.24) is 10.8 Å². The molecule has 1 rings (SSSR count). The molecule has 0 aliphatic heterocycles. The molecule has 0 spiro atoms. The van der Waals surface area contributed by atoms with Crippen LogP contribution in [0.15, 0.2) is 0 Å². The van der Waals surface area contributed by atoms with Crippen molar-refractivity contribution in [2.45, 2.75) is 58.2 Å². The van der Waals surface area contributed by atoms with E-state index in [9.17, 15) is 4.79 Å². The molecule has 1 fully saturated rings. The van der Waals surface area contributed by atoms with Gasteiger partial charge in [-0.1, -0.05) is 0 Å². The SMILES string of the molecule is CCONC1CC(NC(=O)OC(C)(C)C)C1. The molecule has 0 bridgehead atoms. The molecular weight excluding hydrogens is 208 g/mol. The maximum Gasteiger partial charge on any atom is 0.407 e. The maximum atomic E-state index is 11.4. The molecule has 0 aromatic rings. The van der Waals surface area contributed by atoms with E-state index < -0.39 is 5.60 Å². The lowest BCUT2D eigenvalue weighted by Crippen LogP contribution is -2.53. The maximum absolute atomic E-state index is 11.4. The van der Waals surface area contributed by atoms with Crippen LogP contribution >= 0.6 is 0 Å². The summed E-state index contributed by atoms with van der Waals surface area (Å²) in [5.41, 5.74) is 2.49. The molecule has 1 amide bonds. The van der Waals surface area contributed by atoms with E-state index in [0.717, 1.165) is 12.8 Å². The summed E-state index contributed by atoms with van der Waals surface area (Å²) in [5.74, 6) is 0. The zero-order valence-electron chi connectivity index (χ0n) is 10.5. The molecule has 0 heterocycles. The Kier molecular flexibility index (Phi) is 4.56. The summed E-state index contributed by atoms with van der Waals surface area (Å²) in [6, 6.07) is 0.549. The van der Waals surface area contributed by atoms with Crippen LogP contribution in [0.1, 0.15) is 40.5 Å². The molecule has 5 nitrogen and oxygen atoms in total. The van der Waals surface area contributed by atoms with E-state index in [1.165, 1.54) is 0 Å². The van der Waals surface area contributed by atoms with Gasteiger partial charge in [0.2, 0.25) is 0 Å². The normalized spacial score (nSPS) is 24.8. The van der Waals surface area contributed by atoms with Gasteiger partial charge in [0.1, 0.15) is 5.60 Å². The van der Waals surface area contributed by atoms with Crippen LogP contribution in [0, 0.1) is 0 Å². The smallest absolute Gasteiger partial charge is 0.407 e. The highest BCUT2D eigenvalue weighted by Gasteiger charge is 2.31. The van der Waals surface area contributed by atoms with Gasteiger partial charge in [-0.3, -0.25) is 0 Å². The fourth-order valence-corrected chi connectivity index (χ4v) is 1.51. The summed E-state index contributed by atoms with van der Waals surface area (Å²) >= 11 is 0. The van der Waals surface area contributed by atoms with Crippen LogP contribution in [0.4, 0.5) is 4.79 Å². The van der Waals surface area contributed by atoms with E-state index in [0.29, 0.717) is 12.6 Å². The summed E-state index contributed by atoms with van der Waals surface area (Å²) in [5, 5.41) is 2.82. The fraction of sp³-hybridized carbons (Fsp3) is 0.909. The topological polar surface area (TPSA) is 59.6 Å². The second-order valence-electron chi connectivity index (χ2n) is 5.06. The summed E-state index contributed by atoms with van der Waals surface area (Å²) in [4.78, 5) is 16.5. The summed E-state index contributed by atoms with van der Waals surface area (Å²) in [6.07, 6.45) is 1.44. The number of nitrogens with one attached hydrogen (secondary N) is 2. The Labute approximate surface area is 96.8 Å². The van der Waals surface area contributed by atoms with E-state index in [-0.39, 0.29) is 12.1 Å². The minimum atomic E-state index is -0.434. The number of amides is 1. The minimum Gasteiger partial charge on any atom is -0.444 e. The van der Waals surface area contributed by atoms with Crippen molar-refractivity contribution in [3.05, 3.63) is 0 Å². The van der Waals surface area contributed by atoms with Gasteiger partial charge in [-0.2, -0.15) is 5.48 Å². The molecule has 0 aromatic carbocycles. The van der Waals surface area contributed by atoms with Crippen LogP contribution in [-0.4, -0.2) is 30.4 Å².